The van der Waals surface area contributed by atoms with E-state index in [1.165, 1.54) is 0 Å². The van der Waals surface area contributed by atoms with Gasteiger partial charge in [0.15, 0.2) is 5.78 Å². The van der Waals surface area contributed by atoms with Gasteiger partial charge in [-0.2, -0.15) is 5.10 Å². The predicted molar refractivity (Wildman–Crippen MR) is 69.2 cm³/mol. The van der Waals surface area contributed by atoms with Crippen LogP contribution in [0.2, 0.25) is 0 Å². The number of ketones is 2. The maximum atomic E-state index is 11.6. The van der Waals surface area contributed by atoms with Gasteiger partial charge in [0.05, 0.1) is 13.0 Å². The van der Waals surface area contributed by atoms with Gasteiger partial charge in [-0.3, -0.25) is 14.6 Å². The van der Waals surface area contributed by atoms with Crippen LogP contribution in [0.1, 0.15) is 24.8 Å². The standard InChI is InChI=1S/C14H16N2O2/c1-16(10-11-5-3-2-4-6-11)15-13-8-7-12(17)9-14(13)18/h2-6H,7-10H2,1H3/b15-13-. The van der Waals surface area contributed by atoms with Crippen LogP contribution in [0.15, 0.2) is 35.4 Å². The number of hydrazone groups is 1. The van der Waals surface area contributed by atoms with Gasteiger partial charge in [0, 0.05) is 19.9 Å². The highest BCUT2D eigenvalue weighted by atomic mass is 16.1. The molecule has 94 valence electrons. The highest BCUT2D eigenvalue weighted by molar-refractivity contribution is 6.44. The fourth-order valence-corrected chi connectivity index (χ4v) is 1.96. The first kappa shape index (κ1) is 12.5. The lowest BCUT2D eigenvalue weighted by molar-refractivity contribution is -0.125. The molecule has 1 fully saturated rings. The first-order valence-electron chi connectivity index (χ1n) is 6.02. The molecule has 0 radical (unpaired) electrons. The molecule has 0 N–H and O–H groups in total. The molecule has 0 amide bonds. The topological polar surface area (TPSA) is 49.7 Å². The molecule has 18 heavy (non-hydrogen) atoms. The Morgan fingerprint density at radius 1 is 1.17 bits per heavy atom. The number of benzene rings is 1. The van der Waals surface area contributed by atoms with E-state index in [1.807, 2.05) is 37.4 Å². The molecule has 0 spiro atoms. The zero-order valence-electron chi connectivity index (χ0n) is 10.4. The summed E-state index contributed by atoms with van der Waals surface area (Å²) in [7, 11) is 1.84. The summed E-state index contributed by atoms with van der Waals surface area (Å²) >= 11 is 0. The van der Waals surface area contributed by atoms with Crippen molar-refractivity contribution in [1.29, 1.82) is 0 Å². The fraction of sp³-hybridized carbons (Fsp3) is 0.357. The lowest BCUT2D eigenvalue weighted by Gasteiger charge is -2.17. The van der Waals surface area contributed by atoms with Crippen molar-refractivity contribution in [3.63, 3.8) is 0 Å². The lowest BCUT2D eigenvalue weighted by atomic mass is 9.96. The number of Topliss-reactive ketones (excluding diaryl/α,β-unsaturated/α-hetero) is 2. The molecule has 2 rings (SSSR count). The summed E-state index contributed by atoms with van der Waals surface area (Å²) in [6, 6.07) is 9.94. The van der Waals surface area contributed by atoms with E-state index < -0.39 is 0 Å². The smallest absolute Gasteiger partial charge is 0.186 e. The fourth-order valence-electron chi connectivity index (χ4n) is 1.96. The van der Waals surface area contributed by atoms with E-state index in [2.05, 4.69) is 5.10 Å². The van der Waals surface area contributed by atoms with Crippen molar-refractivity contribution in [3.8, 4) is 0 Å². The normalized spacial score (nSPS) is 18.2. The second-order valence-electron chi connectivity index (χ2n) is 4.49. The quantitative estimate of drug-likeness (QED) is 0.601. The van der Waals surface area contributed by atoms with Crippen molar-refractivity contribution >= 4 is 17.3 Å². The van der Waals surface area contributed by atoms with E-state index in [-0.39, 0.29) is 18.0 Å². The Hall–Kier alpha value is -1.97. The van der Waals surface area contributed by atoms with E-state index in [1.54, 1.807) is 5.01 Å². The molecule has 1 saturated carbocycles. The SMILES string of the molecule is CN(Cc1ccccc1)/N=C1/CCC(=O)CC1=O. The predicted octanol–water partition coefficient (Wildman–Crippen LogP) is 1.80. The minimum Gasteiger partial charge on any atom is -0.299 e. The van der Waals surface area contributed by atoms with E-state index in [4.69, 9.17) is 0 Å². The molecule has 1 aliphatic rings. The van der Waals surface area contributed by atoms with Crippen LogP contribution in [-0.4, -0.2) is 29.3 Å². The van der Waals surface area contributed by atoms with Crippen molar-refractivity contribution in [2.24, 2.45) is 5.10 Å². The molecule has 0 bridgehead atoms. The van der Waals surface area contributed by atoms with Crippen molar-refractivity contribution in [3.05, 3.63) is 35.9 Å². The summed E-state index contributed by atoms with van der Waals surface area (Å²) in [5, 5.41) is 6.04. The van der Waals surface area contributed by atoms with Gasteiger partial charge < -0.3 is 0 Å². The van der Waals surface area contributed by atoms with Gasteiger partial charge in [-0.25, -0.2) is 0 Å². The summed E-state index contributed by atoms with van der Waals surface area (Å²) in [4.78, 5) is 22.7. The monoisotopic (exact) mass is 244 g/mol. The Labute approximate surface area is 106 Å². The third-order valence-corrected chi connectivity index (χ3v) is 2.87. The molecule has 0 saturated heterocycles. The summed E-state index contributed by atoms with van der Waals surface area (Å²) in [5.74, 6) is -0.115. The van der Waals surface area contributed by atoms with Crippen LogP contribution in [0.25, 0.3) is 0 Å². The highest BCUT2D eigenvalue weighted by Gasteiger charge is 2.23. The van der Waals surface area contributed by atoms with Gasteiger partial charge in [-0.05, 0) is 5.56 Å². The average Bonchev–Trinajstić information content (AvgIpc) is 2.34. The second-order valence-corrected chi connectivity index (χ2v) is 4.49. The molecule has 0 aromatic heterocycles. The van der Waals surface area contributed by atoms with Gasteiger partial charge >= 0.3 is 0 Å². The summed E-state index contributed by atoms with van der Waals surface area (Å²) in [6.07, 6.45) is 0.915. The Balaban J connectivity index is 2.00. The molecule has 1 aliphatic carbocycles. The first-order valence-corrected chi connectivity index (χ1v) is 6.02. The number of hydrogen-bond acceptors (Lipinski definition) is 4. The molecule has 0 aliphatic heterocycles. The van der Waals surface area contributed by atoms with Gasteiger partial charge in [0.2, 0.25) is 0 Å². The van der Waals surface area contributed by atoms with Crippen LogP contribution >= 0.6 is 0 Å². The average molecular weight is 244 g/mol. The number of nitrogens with zero attached hydrogens (tertiary/aromatic N) is 2. The largest absolute Gasteiger partial charge is 0.299 e. The maximum Gasteiger partial charge on any atom is 0.186 e. The van der Waals surface area contributed by atoms with Crippen molar-refractivity contribution < 1.29 is 9.59 Å². The van der Waals surface area contributed by atoms with Gasteiger partial charge in [0.1, 0.15) is 11.5 Å². The minimum absolute atomic E-state index is 0.0119. The molecule has 0 atom stereocenters. The molecule has 4 heteroatoms. The van der Waals surface area contributed by atoms with E-state index in [9.17, 15) is 9.59 Å². The van der Waals surface area contributed by atoms with E-state index in [0.29, 0.717) is 25.1 Å². The molecule has 4 nitrogen and oxygen atoms in total. The molecular weight excluding hydrogens is 228 g/mol. The highest BCUT2D eigenvalue weighted by Crippen LogP contribution is 2.11. The van der Waals surface area contributed by atoms with Crippen LogP contribution in [0, 0.1) is 0 Å². The van der Waals surface area contributed by atoms with Crippen molar-refractivity contribution in [1.82, 2.24) is 5.01 Å². The Morgan fingerprint density at radius 3 is 2.56 bits per heavy atom. The van der Waals surface area contributed by atoms with E-state index in [0.717, 1.165) is 5.56 Å². The number of carbonyl (C=O) groups is 2. The first-order chi connectivity index (χ1) is 8.65. The van der Waals surface area contributed by atoms with Crippen LogP contribution in [-0.2, 0) is 16.1 Å². The third kappa shape index (κ3) is 3.26. The zero-order chi connectivity index (χ0) is 13.0. The maximum absolute atomic E-state index is 11.6. The Morgan fingerprint density at radius 2 is 1.89 bits per heavy atom. The second kappa shape index (κ2) is 5.58. The van der Waals surface area contributed by atoms with Crippen LogP contribution in [0.3, 0.4) is 0 Å². The van der Waals surface area contributed by atoms with Crippen molar-refractivity contribution in [2.75, 3.05) is 7.05 Å². The summed E-state index contributed by atoms with van der Waals surface area (Å²) in [5.41, 5.74) is 1.66. The Kier molecular flexibility index (Phi) is 3.87. The summed E-state index contributed by atoms with van der Waals surface area (Å²) in [6.45, 7) is 0.658. The van der Waals surface area contributed by atoms with Gasteiger partial charge in [0.25, 0.3) is 0 Å². The molecule has 1 aromatic rings. The molecular formula is C14H16N2O2. The van der Waals surface area contributed by atoms with E-state index >= 15 is 0 Å². The molecule has 1 aromatic carbocycles. The third-order valence-electron chi connectivity index (χ3n) is 2.87. The Bertz CT molecular complexity index is 480. The molecule has 0 heterocycles. The van der Waals surface area contributed by atoms with Gasteiger partial charge in [-0.15, -0.1) is 0 Å². The van der Waals surface area contributed by atoms with Crippen LogP contribution < -0.4 is 0 Å². The number of hydrogen-bond donors (Lipinski definition) is 0. The lowest BCUT2D eigenvalue weighted by Crippen LogP contribution is -2.27. The zero-order valence-corrected chi connectivity index (χ0v) is 10.4. The van der Waals surface area contributed by atoms with Crippen LogP contribution in [0.5, 0.6) is 0 Å². The molecule has 0 unspecified atom stereocenters. The number of rotatable bonds is 3. The van der Waals surface area contributed by atoms with Gasteiger partial charge in [-0.1, -0.05) is 30.3 Å². The number of carbonyl (C=O) groups excluding carboxylic acids is 2. The summed E-state index contributed by atoms with van der Waals surface area (Å²) < 4.78 is 0. The van der Waals surface area contributed by atoms with Crippen LogP contribution in [0.4, 0.5) is 0 Å². The van der Waals surface area contributed by atoms with Crippen molar-refractivity contribution in [2.45, 2.75) is 25.8 Å². The minimum atomic E-state index is -0.133.